The minimum absolute atomic E-state index is 0.114. The highest BCUT2D eigenvalue weighted by Crippen LogP contribution is 2.36. The van der Waals surface area contributed by atoms with Crippen LogP contribution in [0.15, 0.2) is 4.99 Å². The van der Waals surface area contributed by atoms with Crippen LogP contribution in [0.4, 0.5) is 0 Å². The lowest BCUT2D eigenvalue weighted by molar-refractivity contribution is -0.129. The maximum absolute atomic E-state index is 6.38. The third kappa shape index (κ3) is 11.6. The van der Waals surface area contributed by atoms with E-state index in [2.05, 4.69) is 32.7 Å². The molecule has 6 heteroatoms. The van der Waals surface area contributed by atoms with Crippen LogP contribution in [0.5, 0.6) is 0 Å². The molecule has 1 aliphatic rings. The molecule has 1 rings (SSSR count). The van der Waals surface area contributed by atoms with Gasteiger partial charge in [-0.25, -0.2) is 0 Å². The van der Waals surface area contributed by atoms with Crippen LogP contribution in [0.1, 0.15) is 85.5 Å². The van der Waals surface area contributed by atoms with E-state index in [1.54, 1.807) is 11.8 Å². The maximum atomic E-state index is 6.38. The van der Waals surface area contributed by atoms with Crippen molar-refractivity contribution in [3.63, 3.8) is 0 Å². The van der Waals surface area contributed by atoms with E-state index >= 15 is 0 Å². The SMILES string of the molecule is CCCCOC[C@H]1C[C@H](SC(N)=NCCC)C[C@@H](OCCCC)[C@@H]1OCCCC. The zero-order valence-electron chi connectivity index (χ0n) is 19.4. The summed E-state index contributed by atoms with van der Waals surface area (Å²) in [5.74, 6) is 0.348. The second kappa shape index (κ2) is 17.4. The number of amidine groups is 1. The van der Waals surface area contributed by atoms with Crippen molar-refractivity contribution in [1.82, 2.24) is 0 Å². The van der Waals surface area contributed by atoms with Gasteiger partial charge in [0.05, 0.1) is 18.8 Å². The van der Waals surface area contributed by atoms with Gasteiger partial charge in [0.1, 0.15) is 0 Å². The van der Waals surface area contributed by atoms with Crippen LogP contribution < -0.4 is 5.73 Å². The molecule has 0 spiro atoms. The molecule has 0 unspecified atom stereocenters. The second-order valence-corrected chi connectivity index (χ2v) is 9.39. The molecule has 0 bridgehead atoms. The zero-order chi connectivity index (χ0) is 21.3. The van der Waals surface area contributed by atoms with E-state index in [0.717, 1.165) is 90.8 Å². The van der Waals surface area contributed by atoms with E-state index in [1.165, 1.54) is 0 Å². The van der Waals surface area contributed by atoms with E-state index in [1.807, 2.05) is 0 Å². The van der Waals surface area contributed by atoms with Crippen LogP contribution in [0, 0.1) is 5.92 Å². The summed E-state index contributed by atoms with van der Waals surface area (Å²) in [6, 6.07) is 0. The Morgan fingerprint density at radius 1 is 0.897 bits per heavy atom. The molecule has 1 saturated carbocycles. The first kappa shape index (κ1) is 26.7. The average Bonchev–Trinajstić information content (AvgIpc) is 2.71. The zero-order valence-corrected chi connectivity index (χ0v) is 20.2. The largest absolute Gasteiger partial charge is 0.381 e. The Labute approximate surface area is 183 Å². The van der Waals surface area contributed by atoms with Crippen molar-refractivity contribution in [2.24, 2.45) is 16.6 Å². The highest BCUT2D eigenvalue weighted by molar-refractivity contribution is 8.14. The fourth-order valence-corrected chi connectivity index (χ4v) is 4.72. The summed E-state index contributed by atoms with van der Waals surface area (Å²) < 4.78 is 18.8. The average molecular weight is 431 g/mol. The van der Waals surface area contributed by atoms with Gasteiger partial charge in [-0.15, -0.1) is 0 Å². The Morgan fingerprint density at radius 3 is 2.21 bits per heavy atom. The van der Waals surface area contributed by atoms with Crippen LogP contribution in [-0.4, -0.2) is 55.6 Å². The molecule has 0 aliphatic heterocycles. The van der Waals surface area contributed by atoms with E-state index in [4.69, 9.17) is 19.9 Å². The van der Waals surface area contributed by atoms with Crippen molar-refractivity contribution in [3.8, 4) is 0 Å². The van der Waals surface area contributed by atoms with E-state index in [-0.39, 0.29) is 12.2 Å². The summed E-state index contributed by atoms with van der Waals surface area (Å²) in [6.07, 6.45) is 10.0. The number of unbranched alkanes of at least 4 members (excludes halogenated alkanes) is 3. The molecule has 0 radical (unpaired) electrons. The molecule has 0 aromatic rings. The predicted molar refractivity (Wildman–Crippen MR) is 126 cm³/mol. The fraction of sp³-hybridized carbons (Fsp3) is 0.957. The molecule has 0 aromatic heterocycles. The number of hydrogen-bond donors (Lipinski definition) is 1. The van der Waals surface area contributed by atoms with Gasteiger partial charge >= 0.3 is 0 Å². The molecule has 5 nitrogen and oxygen atoms in total. The first-order valence-electron chi connectivity index (χ1n) is 11.9. The van der Waals surface area contributed by atoms with Gasteiger partial charge in [0, 0.05) is 37.5 Å². The molecule has 0 heterocycles. The standard InChI is InChI=1S/C23H46N2O3S/c1-5-9-13-26-18-19-16-20(29-23(24)25-12-8-4)17-21(27-14-10-6-2)22(19)28-15-11-7-3/h19-22H,5-18H2,1-4H3,(H2,24,25)/t19-,20+,21-,22-/m1/s1. The lowest BCUT2D eigenvalue weighted by atomic mass is 9.84. The number of hydrogen-bond acceptors (Lipinski definition) is 5. The normalized spacial score (nSPS) is 25.4. The Balaban J connectivity index is 2.81. The fourth-order valence-electron chi connectivity index (χ4n) is 3.58. The van der Waals surface area contributed by atoms with Gasteiger partial charge in [0.25, 0.3) is 0 Å². The molecule has 2 N–H and O–H groups in total. The van der Waals surface area contributed by atoms with Gasteiger partial charge in [-0.2, -0.15) is 0 Å². The predicted octanol–water partition coefficient (Wildman–Crippen LogP) is 5.41. The van der Waals surface area contributed by atoms with Crippen molar-refractivity contribution >= 4 is 16.9 Å². The monoisotopic (exact) mass is 430 g/mol. The van der Waals surface area contributed by atoms with Gasteiger partial charge in [-0.1, -0.05) is 58.7 Å². The van der Waals surface area contributed by atoms with Gasteiger partial charge < -0.3 is 19.9 Å². The lowest BCUT2D eigenvalue weighted by Crippen LogP contribution is -2.47. The Kier molecular flexibility index (Phi) is 16.0. The molecule has 4 atom stereocenters. The third-order valence-electron chi connectivity index (χ3n) is 5.28. The van der Waals surface area contributed by atoms with Gasteiger partial charge in [-0.3, -0.25) is 4.99 Å². The highest BCUT2D eigenvalue weighted by atomic mass is 32.2. The molecule has 172 valence electrons. The van der Waals surface area contributed by atoms with Gasteiger partial charge in [0.15, 0.2) is 5.17 Å². The molecular weight excluding hydrogens is 384 g/mol. The summed E-state index contributed by atoms with van der Waals surface area (Å²) >= 11 is 1.72. The van der Waals surface area contributed by atoms with Crippen LogP contribution in [0.3, 0.4) is 0 Å². The summed E-state index contributed by atoms with van der Waals surface area (Å²) in [5.41, 5.74) is 6.19. The van der Waals surface area contributed by atoms with Crippen molar-refractivity contribution in [2.75, 3.05) is 33.0 Å². The molecule has 0 saturated heterocycles. The number of aliphatic imine (C=N–C) groups is 1. The van der Waals surface area contributed by atoms with Crippen molar-refractivity contribution in [2.45, 2.75) is 103 Å². The summed E-state index contributed by atoms with van der Waals surface area (Å²) in [6.45, 7) is 12.7. The molecule has 1 aliphatic carbocycles. The van der Waals surface area contributed by atoms with Crippen molar-refractivity contribution < 1.29 is 14.2 Å². The minimum atomic E-state index is 0.114. The quantitative estimate of drug-likeness (QED) is 0.201. The lowest BCUT2D eigenvalue weighted by Gasteiger charge is -2.41. The smallest absolute Gasteiger partial charge is 0.154 e. The molecular formula is C23H46N2O3S. The third-order valence-corrected chi connectivity index (χ3v) is 6.37. The second-order valence-electron chi connectivity index (χ2n) is 8.07. The topological polar surface area (TPSA) is 66.1 Å². The van der Waals surface area contributed by atoms with Crippen LogP contribution in [-0.2, 0) is 14.2 Å². The number of thioether (sulfide) groups is 1. The summed E-state index contributed by atoms with van der Waals surface area (Å²) in [7, 11) is 0. The molecule has 29 heavy (non-hydrogen) atoms. The van der Waals surface area contributed by atoms with Gasteiger partial charge in [0.2, 0.25) is 0 Å². The molecule has 1 fully saturated rings. The van der Waals surface area contributed by atoms with Crippen molar-refractivity contribution in [1.29, 1.82) is 0 Å². The van der Waals surface area contributed by atoms with Crippen LogP contribution in [0.25, 0.3) is 0 Å². The Morgan fingerprint density at radius 2 is 1.55 bits per heavy atom. The van der Waals surface area contributed by atoms with Gasteiger partial charge in [-0.05, 0) is 38.5 Å². The Bertz CT molecular complexity index is 423. The number of nitrogens with two attached hydrogens (primary N) is 1. The first-order chi connectivity index (χ1) is 14.2. The molecule has 0 aromatic carbocycles. The Hall–Kier alpha value is -0.300. The van der Waals surface area contributed by atoms with E-state index in [0.29, 0.717) is 16.3 Å². The number of nitrogens with zero attached hydrogens (tertiary/aromatic N) is 1. The summed E-state index contributed by atoms with van der Waals surface area (Å²) in [4.78, 5) is 4.48. The van der Waals surface area contributed by atoms with E-state index < -0.39 is 0 Å². The summed E-state index contributed by atoms with van der Waals surface area (Å²) in [5, 5.41) is 1.12. The highest BCUT2D eigenvalue weighted by Gasteiger charge is 2.40. The first-order valence-corrected chi connectivity index (χ1v) is 12.8. The maximum Gasteiger partial charge on any atom is 0.154 e. The van der Waals surface area contributed by atoms with Crippen LogP contribution in [0.2, 0.25) is 0 Å². The number of ether oxygens (including phenoxy) is 3. The van der Waals surface area contributed by atoms with Crippen LogP contribution >= 0.6 is 11.8 Å². The molecule has 0 amide bonds. The number of rotatable bonds is 16. The van der Waals surface area contributed by atoms with E-state index in [9.17, 15) is 0 Å². The minimum Gasteiger partial charge on any atom is -0.381 e. The van der Waals surface area contributed by atoms with Crippen molar-refractivity contribution in [3.05, 3.63) is 0 Å².